The molecule has 26 heavy (non-hydrogen) atoms. The second-order valence-electron chi connectivity index (χ2n) is 5.94. The van der Waals surface area contributed by atoms with Gasteiger partial charge in [0.25, 0.3) is 5.91 Å². The standard InChI is InChI=1S/C18H16F3N3OS/c1-12-3-5-14(6-4-12)24-16(18(19,20)21)15(9-22-24)17(25)23(2)10-13-7-8-26-11-13/h3-9,11H,10H2,1-2H3. The van der Waals surface area contributed by atoms with Gasteiger partial charge in [0, 0.05) is 13.6 Å². The van der Waals surface area contributed by atoms with Gasteiger partial charge in [0.15, 0.2) is 5.69 Å². The van der Waals surface area contributed by atoms with Crippen LogP contribution in [0.5, 0.6) is 0 Å². The highest BCUT2D eigenvalue weighted by Gasteiger charge is 2.41. The van der Waals surface area contributed by atoms with Crippen LogP contribution in [0.3, 0.4) is 0 Å². The number of hydrogen-bond acceptors (Lipinski definition) is 3. The molecule has 3 rings (SSSR count). The molecular weight excluding hydrogens is 363 g/mol. The van der Waals surface area contributed by atoms with Gasteiger partial charge in [-0.2, -0.15) is 29.6 Å². The number of halogens is 3. The Hall–Kier alpha value is -2.61. The highest BCUT2D eigenvalue weighted by Crippen LogP contribution is 2.34. The van der Waals surface area contributed by atoms with Gasteiger partial charge in [-0.15, -0.1) is 0 Å². The third-order valence-electron chi connectivity index (χ3n) is 3.89. The maximum Gasteiger partial charge on any atom is 0.434 e. The van der Waals surface area contributed by atoms with Gasteiger partial charge < -0.3 is 4.90 Å². The van der Waals surface area contributed by atoms with Gasteiger partial charge in [0.05, 0.1) is 17.4 Å². The Balaban J connectivity index is 1.99. The third kappa shape index (κ3) is 3.65. The molecular formula is C18H16F3N3OS. The normalized spacial score (nSPS) is 11.6. The topological polar surface area (TPSA) is 38.1 Å². The van der Waals surface area contributed by atoms with E-state index in [2.05, 4.69) is 5.10 Å². The molecule has 0 radical (unpaired) electrons. The molecule has 2 heterocycles. The number of aromatic nitrogens is 2. The zero-order valence-corrected chi connectivity index (χ0v) is 14.9. The number of alkyl halides is 3. The fourth-order valence-corrected chi connectivity index (χ4v) is 3.25. The third-order valence-corrected chi connectivity index (χ3v) is 4.63. The van der Waals surface area contributed by atoms with E-state index in [4.69, 9.17) is 0 Å². The molecule has 136 valence electrons. The van der Waals surface area contributed by atoms with Crippen molar-refractivity contribution in [2.24, 2.45) is 0 Å². The molecule has 3 aromatic rings. The summed E-state index contributed by atoms with van der Waals surface area (Å²) in [6.45, 7) is 2.07. The smallest absolute Gasteiger partial charge is 0.337 e. The lowest BCUT2D eigenvalue weighted by Crippen LogP contribution is -2.28. The Morgan fingerprint density at radius 2 is 1.92 bits per heavy atom. The Morgan fingerprint density at radius 3 is 2.50 bits per heavy atom. The van der Waals surface area contributed by atoms with Crippen LogP contribution in [0, 0.1) is 6.92 Å². The van der Waals surface area contributed by atoms with Crippen molar-refractivity contribution in [1.82, 2.24) is 14.7 Å². The van der Waals surface area contributed by atoms with Crippen LogP contribution in [0.15, 0.2) is 47.3 Å². The van der Waals surface area contributed by atoms with Crippen LogP contribution in [0.1, 0.15) is 27.2 Å². The van der Waals surface area contributed by atoms with Crippen LogP contribution in [0.4, 0.5) is 13.2 Å². The lowest BCUT2D eigenvalue weighted by molar-refractivity contribution is -0.143. The van der Waals surface area contributed by atoms with Gasteiger partial charge in [-0.1, -0.05) is 17.7 Å². The molecule has 0 saturated carbocycles. The van der Waals surface area contributed by atoms with Gasteiger partial charge in [-0.05, 0) is 41.4 Å². The largest absolute Gasteiger partial charge is 0.434 e. The molecule has 0 saturated heterocycles. The first-order chi connectivity index (χ1) is 12.3. The van der Waals surface area contributed by atoms with E-state index in [0.29, 0.717) is 0 Å². The summed E-state index contributed by atoms with van der Waals surface area (Å²) in [4.78, 5) is 13.9. The van der Waals surface area contributed by atoms with Gasteiger partial charge in [0.2, 0.25) is 0 Å². The highest BCUT2D eigenvalue weighted by molar-refractivity contribution is 7.07. The summed E-state index contributed by atoms with van der Waals surface area (Å²) in [6, 6.07) is 8.30. The van der Waals surface area contributed by atoms with Crippen LogP contribution in [0.25, 0.3) is 5.69 Å². The number of carbonyl (C=O) groups is 1. The Labute approximate surface area is 152 Å². The fraction of sp³-hybridized carbons (Fsp3) is 0.222. The quantitative estimate of drug-likeness (QED) is 0.668. The average Bonchev–Trinajstić information content (AvgIpc) is 3.23. The first kappa shape index (κ1) is 18.2. The Kier molecular flexibility index (Phi) is 4.86. The number of hydrogen-bond donors (Lipinski definition) is 0. The van der Waals surface area contributed by atoms with Gasteiger partial charge in [0.1, 0.15) is 0 Å². The van der Waals surface area contributed by atoms with Crippen LogP contribution < -0.4 is 0 Å². The molecule has 0 aliphatic carbocycles. The molecule has 0 aliphatic rings. The first-order valence-electron chi connectivity index (χ1n) is 7.76. The Bertz CT molecular complexity index is 899. The van der Waals surface area contributed by atoms with E-state index < -0.39 is 23.3 Å². The van der Waals surface area contributed by atoms with Crippen molar-refractivity contribution in [3.63, 3.8) is 0 Å². The monoisotopic (exact) mass is 379 g/mol. The number of thiophene rings is 1. The minimum absolute atomic E-state index is 0.231. The van der Waals surface area contributed by atoms with Crippen molar-refractivity contribution in [2.45, 2.75) is 19.6 Å². The van der Waals surface area contributed by atoms with Crippen LogP contribution in [0.2, 0.25) is 0 Å². The number of carbonyl (C=O) groups excluding carboxylic acids is 1. The molecule has 8 heteroatoms. The van der Waals surface area contributed by atoms with Crippen LogP contribution >= 0.6 is 11.3 Å². The molecule has 1 aromatic carbocycles. The summed E-state index contributed by atoms with van der Waals surface area (Å²) in [5.41, 5.74) is 0.508. The van der Waals surface area contributed by atoms with Crippen molar-refractivity contribution >= 4 is 17.2 Å². The number of aryl methyl sites for hydroxylation is 1. The van der Waals surface area contributed by atoms with Gasteiger partial charge in [-0.25, -0.2) is 4.68 Å². The number of benzene rings is 1. The minimum atomic E-state index is -4.71. The van der Waals surface area contributed by atoms with E-state index >= 15 is 0 Å². The van der Waals surface area contributed by atoms with E-state index in [1.807, 2.05) is 23.8 Å². The van der Waals surface area contributed by atoms with Crippen LogP contribution in [-0.4, -0.2) is 27.6 Å². The van der Waals surface area contributed by atoms with Crippen molar-refractivity contribution in [1.29, 1.82) is 0 Å². The minimum Gasteiger partial charge on any atom is -0.337 e. The molecule has 0 fully saturated rings. The highest BCUT2D eigenvalue weighted by atomic mass is 32.1. The summed E-state index contributed by atoms with van der Waals surface area (Å²) in [5, 5.41) is 7.54. The second kappa shape index (κ2) is 6.95. The SMILES string of the molecule is Cc1ccc(-n2ncc(C(=O)N(C)Cc3ccsc3)c2C(F)(F)F)cc1. The molecule has 1 amide bonds. The first-order valence-corrected chi connectivity index (χ1v) is 8.70. The maximum absolute atomic E-state index is 13.7. The number of nitrogens with zero attached hydrogens (tertiary/aromatic N) is 3. The molecule has 0 spiro atoms. The Morgan fingerprint density at radius 1 is 1.23 bits per heavy atom. The van der Waals surface area contributed by atoms with Crippen molar-refractivity contribution in [2.75, 3.05) is 7.05 Å². The molecule has 0 N–H and O–H groups in total. The van der Waals surface area contributed by atoms with Crippen molar-refractivity contribution in [3.8, 4) is 5.69 Å². The molecule has 2 aromatic heterocycles. The second-order valence-corrected chi connectivity index (χ2v) is 6.72. The predicted octanol–water partition coefficient (Wildman–Crippen LogP) is 4.53. The molecule has 0 atom stereocenters. The van der Waals surface area contributed by atoms with Crippen molar-refractivity contribution in [3.05, 3.63) is 69.7 Å². The summed E-state index contributed by atoms with van der Waals surface area (Å²) in [6.07, 6.45) is -3.73. The molecule has 0 unspecified atom stereocenters. The molecule has 0 bridgehead atoms. The van der Waals surface area contributed by atoms with Gasteiger partial charge in [-0.3, -0.25) is 4.79 Å². The van der Waals surface area contributed by atoms with Crippen molar-refractivity contribution < 1.29 is 18.0 Å². The van der Waals surface area contributed by atoms with Crippen LogP contribution in [-0.2, 0) is 12.7 Å². The summed E-state index contributed by atoms with van der Waals surface area (Å²) in [7, 11) is 1.48. The summed E-state index contributed by atoms with van der Waals surface area (Å²) in [5.74, 6) is -0.720. The average molecular weight is 379 g/mol. The lowest BCUT2D eigenvalue weighted by Gasteiger charge is -2.18. The number of amides is 1. The zero-order valence-electron chi connectivity index (χ0n) is 14.1. The maximum atomic E-state index is 13.7. The van der Waals surface area contributed by atoms with E-state index in [1.165, 1.54) is 23.3 Å². The van der Waals surface area contributed by atoms with E-state index in [1.54, 1.807) is 24.3 Å². The summed E-state index contributed by atoms with van der Waals surface area (Å²) < 4.78 is 41.8. The predicted molar refractivity (Wildman–Crippen MR) is 93.4 cm³/mol. The number of rotatable bonds is 4. The molecule has 4 nitrogen and oxygen atoms in total. The molecule has 0 aliphatic heterocycles. The lowest BCUT2D eigenvalue weighted by atomic mass is 10.2. The fourth-order valence-electron chi connectivity index (χ4n) is 2.59. The van der Waals surface area contributed by atoms with E-state index in [0.717, 1.165) is 22.0 Å². The van der Waals surface area contributed by atoms with E-state index in [9.17, 15) is 18.0 Å². The van der Waals surface area contributed by atoms with Gasteiger partial charge >= 0.3 is 6.18 Å². The summed E-state index contributed by atoms with van der Waals surface area (Å²) >= 11 is 1.46. The zero-order chi connectivity index (χ0) is 18.9. The van der Waals surface area contributed by atoms with E-state index in [-0.39, 0.29) is 12.2 Å².